The van der Waals surface area contributed by atoms with Crippen LogP contribution in [-0.4, -0.2) is 4.98 Å². The van der Waals surface area contributed by atoms with E-state index in [4.69, 9.17) is 33.7 Å². The summed E-state index contributed by atoms with van der Waals surface area (Å²) in [5.74, 6) is -0.318. The van der Waals surface area contributed by atoms with Crippen LogP contribution in [0.5, 0.6) is 5.75 Å². The molecule has 7 heteroatoms. The van der Waals surface area contributed by atoms with Crippen molar-refractivity contribution in [3.05, 3.63) is 72.9 Å². The van der Waals surface area contributed by atoms with Gasteiger partial charge in [0.1, 0.15) is 17.4 Å². The number of rotatable bonds is 3. The molecule has 0 bridgehead atoms. The second-order valence-electron chi connectivity index (χ2n) is 5.75. The maximum Gasteiger partial charge on any atom is 0.256 e. The fourth-order valence-electron chi connectivity index (χ4n) is 2.96. The fourth-order valence-corrected chi connectivity index (χ4v) is 3.27. The minimum absolute atomic E-state index is 0.0147. The van der Waals surface area contributed by atoms with E-state index in [1.54, 1.807) is 24.3 Å². The Kier molecular flexibility index (Phi) is 4.76. The molecule has 1 atom stereocenters. The van der Waals surface area contributed by atoms with Gasteiger partial charge in [-0.25, -0.2) is 0 Å². The van der Waals surface area contributed by atoms with Gasteiger partial charge < -0.3 is 15.5 Å². The number of nitrogens with zero attached hydrogens (tertiary/aromatic N) is 1. The Bertz CT molecular complexity index is 973. The van der Waals surface area contributed by atoms with Crippen molar-refractivity contribution >= 4 is 23.2 Å². The van der Waals surface area contributed by atoms with Gasteiger partial charge in [-0.05, 0) is 24.1 Å². The van der Waals surface area contributed by atoms with Gasteiger partial charge >= 0.3 is 0 Å². The number of halogens is 2. The quantitative estimate of drug-likeness (QED) is 0.851. The van der Waals surface area contributed by atoms with E-state index in [-0.39, 0.29) is 17.0 Å². The highest BCUT2D eigenvalue weighted by atomic mass is 35.5. The largest absolute Gasteiger partial charge is 0.440 e. The van der Waals surface area contributed by atoms with Crippen molar-refractivity contribution < 1.29 is 4.74 Å². The van der Waals surface area contributed by atoms with Crippen LogP contribution in [0.25, 0.3) is 0 Å². The highest BCUT2D eigenvalue weighted by Crippen LogP contribution is 2.41. The fraction of sp³-hybridized carbons (Fsp3) is 0.222. The lowest BCUT2D eigenvalue weighted by Crippen LogP contribution is -2.28. The number of hydrogen-bond donors (Lipinski definition) is 2. The van der Waals surface area contributed by atoms with Crippen LogP contribution in [0, 0.1) is 11.3 Å². The second-order valence-corrected chi connectivity index (χ2v) is 6.56. The van der Waals surface area contributed by atoms with E-state index in [0.717, 1.165) is 12.1 Å². The van der Waals surface area contributed by atoms with E-state index < -0.39 is 5.92 Å². The Hall–Kier alpha value is -2.42. The first-order chi connectivity index (χ1) is 12.0. The van der Waals surface area contributed by atoms with Crippen molar-refractivity contribution in [1.82, 2.24) is 4.98 Å². The summed E-state index contributed by atoms with van der Waals surface area (Å²) in [5.41, 5.74) is 7.54. The SMILES string of the molecule is CCCc1cc2c(c(=O)[nH]1)C(c1ccc(Cl)c(Cl)c1)C(C#N)=C(N)O2. The van der Waals surface area contributed by atoms with Crippen LogP contribution >= 0.6 is 23.2 Å². The smallest absolute Gasteiger partial charge is 0.256 e. The van der Waals surface area contributed by atoms with Crippen LogP contribution in [0.3, 0.4) is 0 Å². The molecule has 0 saturated heterocycles. The number of fused-ring (bicyclic) bond motifs is 1. The summed E-state index contributed by atoms with van der Waals surface area (Å²) < 4.78 is 5.56. The molecule has 2 aromatic rings. The monoisotopic (exact) mass is 375 g/mol. The molecule has 0 aliphatic carbocycles. The van der Waals surface area contributed by atoms with E-state index in [1.807, 2.05) is 13.0 Å². The average molecular weight is 376 g/mol. The Morgan fingerprint density at radius 1 is 1.32 bits per heavy atom. The highest BCUT2D eigenvalue weighted by molar-refractivity contribution is 6.42. The molecule has 2 heterocycles. The van der Waals surface area contributed by atoms with Crippen LogP contribution in [-0.2, 0) is 6.42 Å². The molecule has 1 unspecified atom stereocenters. The minimum Gasteiger partial charge on any atom is -0.440 e. The standard InChI is InChI=1S/C18H15Cl2N3O2/c1-2-3-10-7-14-16(18(24)23-10)15(11(8-21)17(22)25-14)9-4-5-12(19)13(20)6-9/h4-7,15H,2-3,22H2,1H3,(H,23,24). The van der Waals surface area contributed by atoms with E-state index in [9.17, 15) is 10.1 Å². The summed E-state index contributed by atoms with van der Waals surface area (Å²) in [6, 6.07) is 8.78. The van der Waals surface area contributed by atoms with Crippen molar-refractivity contribution in [2.45, 2.75) is 25.7 Å². The van der Waals surface area contributed by atoms with E-state index in [0.29, 0.717) is 33.3 Å². The van der Waals surface area contributed by atoms with Crippen molar-refractivity contribution in [2.75, 3.05) is 0 Å². The van der Waals surface area contributed by atoms with Gasteiger partial charge in [-0.1, -0.05) is 42.6 Å². The Balaban J connectivity index is 2.25. The van der Waals surface area contributed by atoms with Crippen molar-refractivity contribution in [3.63, 3.8) is 0 Å². The Morgan fingerprint density at radius 3 is 2.72 bits per heavy atom. The van der Waals surface area contributed by atoms with Crippen LogP contribution < -0.4 is 16.0 Å². The molecule has 1 aliphatic rings. The van der Waals surface area contributed by atoms with Gasteiger partial charge in [0.05, 0.1) is 21.5 Å². The maximum absolute atomic E-state index is 12.7. The van der Waals surface area contributed by atoms with Gasteiger partial charge in [0.2, 0.25) is 5.88 Å². The molecule has 1 aliphatic heterocycles. The number of ether oxygens (including phenoxy) is 1. The normalized spacial score (nSPS) is 16.2. The van der Waals surface area contributed by atoms with Gasteiger partial charge in [-0.15, -0.1) is 0 Å². The first-order valence-corrected chi connectivity index (χ1v) is 8.50. The van der Waals surface area contributed by atoms with Gasteiger partial charge in [0.15, 0.2) is 0 Å². The van der Waals surface area contributed by atoms with Crippen molar-refractivity contribution in [2.24, 2.45) is 5.73 Å². The number of benzene rings is 1. The average Bonchev–Trinajstić information content (AvgIpc) is 2.56. The zero-order chi connectivity index (χ0) is 18.1. The molecule has 128 valence electrons. The first-order valence-electron chi connectivity index (χ1n) is 7.74. The molecule has 0 saturated carbocycles. The summed E-state index contributed by atoms with van der Waals surface area (Å²) in [5, 5.41) is 10.3. The summed E-state index contributed by atoms with van der Waals surface area (Å²) in [4.78, 5) is 15.5. The third-order valence-corrected chi connectivity index (χ3v) is 4.81. The third kappa shape index (κ3) is 3.11. The molecular weight excluding hydrogens is 361 g/mol. The summed E-state index contributed by atoms with van der Waals surface area (Å²) in [6.45, 7) is 2.01. The van der Waals surface area contributed by atoms with Gasteiger partial charge in [0, 0.05) is 11.8 Å². The Morgan fingerprint density at radius 2 is 2.08 bits per heavy atom. The van der Waals surface area contributed by atoms with Gasteiger partial charge in [-0.3, -0.25) is 4.79 Å². The molecule has 3 N–H and O–H groups in total. The minimum atomic E-state index is -0.664. The number of allylic oxidation sites excluding steroid dienone is 1. The molecule has 25 heavy (non-hydrogen) atoms. The van der Waals surface area contributed by atoms with Crippen molar-refractivity contribution in [3.8, 4) is 11.8 Å². The van der Waals surface area contributed by atoms with Gasteiger partial charge in [0.25, 0.3) is 5.56 Å². The lowest BCUT2D eigenvalue weighted by molar-refractivity contribution is 0.391. The van der Waals surface area contributed by atoms with E-state index >= 15 is 0 Å². The van der Waals surface area contributed by atoms with Crippen molar-refractivity contribution in [1.29, 1.82) is 5.26 Å². The van der Waals surface area contributed by atoms with Crippen LogP contribution in [0.15, 0.2) is 40.5 Å². The van der Waals surface area contributed by atoms with Crippen LogP contribution in [0.2, 0.25) is 10.0 Å². The van der Waals surface area contributed by atoms with Gasteiger partial charge in [-0.2, -0.15) is 5.26 Å². The zero-order valence-corrected chi connectivity index (χ0v) is 14.9. The molecule has 0 fully saturated rings. The molecule has 5 nitrogen and oxygen atoms in total. The summed E-state index contributed by atoms with van der Waals surface area (Å²) in [7, 11) is 0. The van der Waals surface area contributed by atoms with E-state index in [1.165, 1.54) is 0 Å². The number of nitrogens with two attached hydrogens (primary N) is 1. The molecule has 0 amide bonds. The summed E-state index contributed by atoms with van der Waals surface area (Å²) >= 11 is 12.1. The zero-order valence-electron chi connectivity index (χ0n) is 13.4. The Labute approximate surface area is 154 Å². The number of aromatic amines is 1. The molecule has 1 aromatic heterocycles. The number of pyridine rings is 1. The topological polar surface area (TPSA) is 91.9 Å². The lowest BCUT2D eigenvalue weighted by Gasteiger charge is -2.26. The molecule has 3 rings (SSSR count). The number of aromatic nitrogens is 1. The van der Waals surface area contributed by atoms with Crippen LogP contribution in [0.1, 0.15) is 36.1 Å². The highest BCUT2D eigenvalue weighted by Gasteiger charge is 2.33. The van der Waals surface area contributed by atoms with E-state index in [2.05, 4.69) is 4.98 Å². The molecule has 0 spiro atoms. The predicted octanol–water partition coefficient (Wildman–Crippen LogP) is 3.85. The van der Waals surface area contributed by atoms with Crippen LogP contribution in [0.4, 0.5) is 0 Å². The maximum atomic E-state index is 12.7. The number of H-pyrrole nitrogens is 1. The predicted molar refractivity (Wildman–Crippen MR) is 96.8 cm³/mol. The molecular formula is C18H15Cl2N3O2. The number of aryl methyl sites for hydroxylation is 1. The first kappa shape index (κ1) is 17.4. The number of nitriles is 1. The second kappa shape index (κ2) is 6.83. The third-order valence-electron chi connectivity index (χ3n) is 4.07. The summed E-state index contributed by atoms with van der Waals surface area (Å²) in [6.07, 6.45) is 1.58. The lowest BCUT2D eigenvalue weighted by atomic mass is 9.84. The number of nitrogens with one attached hydrogen (secondary N) is 1. The molecule has 0 radical (unpaired) electrons. The number of hydrogen-bond acceptors (Lipinski definition) is 4. The molecule has 1 aromatic carbocycles.